The van der Waals surface area contributed by atoms with Gasteiger partial charge in [-0.1, -0.05) is 5.16 Å². The summed E-state index contributed by atoms with van der Waals surface area (Å²) < 4.78 is 76.0. The number of amides is 1. The summed E-state index contributed by atoms with van der Waals surface area (Å²) in [6.45, 7) is 3.36. The first kappa shape index (κ1) is 23.1. The standard InChI is InChI=1S/C20H21F3N4O5S/c1-10-4-12(25-32-10)7-20(2)9-31-18-15(33(29,30)26-20)8-27(3)17(18)19(28)24-11-5-13(21)16(23)14(22)6-11/h5-6,8,10,26H,4,7,9H2,1-3H3,(H,24,28). The van der Waals surface area contributed by atoms with E-state index in [1.165, 1.54) is 17.8 Å². The van der Waals surface area contributed by atoms with Crippen LogP contribution in [0.3, 0.4) is 0 Å². The number of benzene rings is 1. The highest BCUT2D eigenvalue weighted by molar-refractivity contribution is 7.89. The number of aryl methyl sites for hydroxylation is 1. The molecule has 4 rings (SSSR count). The summed E-state index contributed by atoms with van der Waals surface area (Å²) in [5.74, 6) is -5.75. The number of carbonyl (C=O) groups is 1. The van der Waals surface area contributed by atoms with E-state index >= 15 is 0 Å². The zero-order valence-corrected chi connectivity index (χ0v) is 18.7. The first-order valence-electron chi connectivity index (χ1n) is 9.92. The van der Waals surface area contributed by atoms with E-state index in [-0.39, 0.29) is 41.2 Å². The van der Waals surface area contributed by atoms with Gasteiger partial charge in [0.25, 0.3) is 5.91 Å². The summed E-state index contributed by atoms with van der Waals surface area (Å²) >= 11 is 0. The number of oxime groups is 1. The van der Waals surface area contributed by atoms with E-state index in [2.05, 4.69) is 15.2 Å². The molecular weight excluding hydrogens is 465 g/mol. The Labute approximate surface area is 187 Å². The predicted octanol–water partition coefficient (Wildman–Crippen LogP) is 2.68. The van der Waals surface area contributed by atoms with Crippen LogP contribution >= 0.6 is 0 Å². The third-order valence-electron chi connectivity index (χ3n) is 5.24. The molecule has 0 radical (unpaired) electrons. The lowest BCUT2D eigenvalue weighted by Gasteiger charge is -2.27. The monoisotopic (exact) mass is 486 g/mol. The van der Waals surface area contributed by atoms with Crippen LogP contribution in [0, 0.1) is 17.5 Å². The number of aromatic nitrogens is 1. The van der Waals surface area contributed by atoms with Crippen molar-refractivity contribution >= 4 is 27.3 Å². The molecule has 178 valence electrons. The molecule has 33 heavy (non-hydrogen) atoms. The summed E-state index contributed by atoms with van der Waals surface area (Å²) in [6, 6.07) is 1.22. The summed E-state index contributed by atoms with van der Waals surface area (Å²) in [4.78, 5) is 17.8. The molecule has 0 fully saturated rings. The molecular formula is C20H21F3N4O5S. The van der Waals surface area contributed by atoms with Crippen molar-refractivity contribution in [3.63, 3.8) is 0 Å². The molecule has 2 aromatic rings. The van der Waals surface area contributed by atoms with E-state index < -0.39 is 38.9 Å². The molecule has 0 bridgehead atoms. The average Bonchev–Trinajstić information content (AvgIpc) is 3.24. The second-order valence-corrected chi connectivity index (χ2v) is 10.1. The minimum atomic E-state index is -4.11. The number of ether oxygens (including phenoxy) is 1. The number of hydrogen-bond donors (Lipinski definition) is 2. The third-order valence-corrected chi connectivity index (χ3v) is 6.88. The van der Waals surface area contributed by atoms with E-state index in [1.54, 1.807) is 6.92 Å². The molecule has 3 heterocycles. The highest BCUT2D eigenvalue weighted by Crippen LogP contribution is 2.35. The quantitative estimate of drug-likeness (QED) is 0.646. The van der Waals surface area contributed by atoms with Gasteiger partial charge in [-0.05, 0) is 13.8 Å². The van der Waals surface area contributed by atoms with Crippen LogP contribution in [-0.4, -0.2) is 42.9 Å². The number of halogens is 3. The Morgan fingerprint density at radius 3 is 2.61 bits per heavy atom. The van der Waals surface area contributed by atoms with Crippen molar-refractivity contribution in [3.8, 4) is 5.75 Å². The molecule has 9 nitrogen and oxygen atoms in total. The Balaban J connectivity index is 1.64. The summed E-state index contributed by atoms with van der Waals surface area (Å²) in [5.41, 5.74) is -0.951. The van der Waals surface area contributed by atoms with Crippen molar-refractivity contribution in [2.24, 2.45) is 12.2 Å². The van der Waals surface area contributed by atoms with Crippen LogP contribution in [0.4, 0.5) is 18.9 Å². The van der Waals surface area contributed by atoms with Gasteiger partial charge in [0.05, 0.1) is 11.3 Å². The van der Waals surface area contributed by atoms with E-state index in [9.17, 15) is 26.4 Å². The average molecular weight is 486 g/mol. The molecule has 2 aliphatic rings. The van der Waals surface area contributed by atoms with Crippen molar-refractivity contribution in [1.82, 2.24) is 9.29 Å². The SMILES string of the molecule is CC1CC(CC2(C)COc3c(cn(C)c3C(=O)Nc3cc(F)c(F)c(F)c3)S(=O)(=O)N2)=NO1. The maximum Gasteiger partial charge on any atom is 0.276 e. The van der Waals surface area contributed by atoms with Crippen molar-refractivity contribution < 1.29 is 36.0 Å². The second-order valence-electron chi connectivity index (χ2n) is 8.40. The van der Waals surface area contributed by atoms with Crippen LogP contribution in [-0.2, 0) is 21.9 Å². The molecule has 2 aliphatic heterocycles. The summed E-state index contributed by atoms with van der Waals surface area (Å²) in [7, 11) is -2.69. The van der Waals surface area contributed by atoms with E-state index in [4.69, 9.17) is 9.57 Å². The number of fused-ring (bicyclic) bond motifs is 1. The Hall–Kier alpha value is -3.06. The van der Waals surface area contributed by atoms with Gasteiger partial charge in [-0.15, -0.1) is 0 Å². The van der Waals surface area contributed by atoms with Gasteiger partial charge in [-0.2, -0.15) is 0 Å². The summed E-state index contributed by atoms with van der Waals surface area (Å²) in [5, 5.41) is 6.21. The number of anilines is 1. The zero-order chi connectivity index (χ0) is 24.1. The molecule has 1 aromatic carbocycles. The molecule has 0 aliphatic carbocycles. The van der Waals surface area contributed by atoms with Gasteiger partial charge >= 0.3 is 0 Å². The highest BCUT2D eigenvalue weighted by atomic mass is 32.2. The van der Waals surface area contributed by atoms with Gasteiger partial charge in [0.15, 0.2) is 28.9 Å². The van der Waals surface area contributed by atoms with E-state index in [0.717, 1.165) is 0 Å². The largest absolute Gasteiger partial charge is 0.488 e. The van der Waals surface area contributed by atoms with E-state index in [1.807, 2.05) is 6.92 Å². The lowest BCUT2D eigenvalue weighted by atomic mass is 9.95. The van der Waals surface area contributed by atoms with Crippen LogP contribution in [0.5, 0.6) is 5.75 Å². The van der Waals surface area contributed by atoms with Gasteiger partial charge in [-0.25, -0.2) is 26.3 Å². The van der Waals surface area contributed by atoms with Crippen LogP contribution in [0.2, 0.25) is 0 Å². The van der Waals surface area contributed by atoms with Gasteiger partial charge < -0.3 is 19.5 Å². The molecule has 2 atom stereocenters. The Bertz CT molecular complexity index is 1250. The lowest BCUT2D eigenvalue weighted by molar-refractivity contribution is 0.0994. The smallest absolute Gasteiger partial charge is 0.276 e. The van der Waals surface area contributed by atoms with Crippen LogP contribution in [0.15, 0.2) is 28.4 Å². The highest BCUT2D eigenvalue weighted by Gasteiger charge is 2.41. The normalized spacial score (nSPS) is 23.7. The Morgan fingerprint density at radius 2 is 2.00 bits per heavy atom. The maximum absolute atomic E-state index is 13.5. The van der Waals surface area contributed by atoms with Crippen LogP contribution in [0.25, 0.3) is 0 Å². The van der Waals surface area contributed by atoms with Crippen molar-refractivity contribution in [1.29, 1.82) is 0 Å². The topological polar surface area (TPSA) is 111 Å². The molecule has 13 heteroatoms. The number of rotatable bonds is 4. The molecule has 1 amide bonds. The van der Waals surface area contributed by atoms with Gasteiger partial charge in [-0.3, -0.25) is 4.79 Å². The molecule has 1 aromatic heterocycles. The van der Waals surface area contributed by atoms with E-state index in [0.29, 0.717) is 24.3 Å². The number of carbonyl (C=O) groups excluding carboxylic acids is 1. The fraction of sp³-hybridized carbons (Fsp3) is 0.400. The van der Waals surface area contributed by atoms with Gasteiger partial charge in [0.2, 0.25) is 10.0 Å². The predicted molar refractivity (Wildman–Crippen MR) is 111 cm³/mol. The first-order valence-corrected chi connectivity index (χ1v) is 11.4. The molecule has 0 spiro atoms. The number of nitrogens with one attached hydrogen (secondary N) is 2. The number of nitrogens with zero attached hydrogens (tertiary/aromatic N) is 2. The van der Waals surface area contributed by atoms with Crippen LogP contribution < -0.4 is 14.8 Å². The minimum Gasteiger partial charge on any atom is -0.488 e. The minimum absolute atomic E-state index is 0.109. The molecule has 2 unspecified atom stereocenters. The Kier molecular flexibility index (Phi) is 5.65. The van der Waals surface area contributed by atoms with Gasteiger partial charge in [0.1, 0.15) is 17.6 Å². The van der Waals surface area contributed by atoms with Crippen LogP contribution in [0.1, 0.15) is 37.2 Å². The summed E-state index contributed by atoms with van der Waals surface area (Å²) in [6.07, 6.45) is 1.86. The van der Waals surface area contributed by atoms with Crippen molar-refractivity contribution in [2.45, 2.75) is 43.2 Å². The van der Waals surface area contributed by atoms with Gasteiger partial charge in [0, 0.05) is 43.9 Å². The molecule has 0 saturated heterocycles. The Morgan fingerprint density at radius 1 is 1.33 bits per heavy atom. The zero-order valence-electron chi connectivity index (χ0n) is 17.9. The number of sulfonamides is 1. The molecule has 2 N–H and O–H groups in total. The van der Waals surface area contributed by atoms with Crippen molar-refractivity contribution in [2.75, 3.05) is 11.9 Å². The van der Waals surface area contributed by atoms with Crippen molar-refractivity contribution in [3.05, 3.63) is 41.5 Å². The second kappa shape index (κ2) is 8.06. The first-order chi connectivity index (χ1) is 15.4. The lowest BCUT2D eigenvalue weighted by Crippen LogP contribution is -2.50. The fourth-order valence-corrected chi connectivity index (χ4v) is 5.43. The fourth-order valence-electron chi connectivity index (χ4n) is 3.84. The maximum atomic E-state index is 13.5. The molecule has 0 saturated carbocycles. The third kappa shape index (κ3) is 4.42. The number of hydrogen-bond acceptors (Lipinski definition) is 6.